The van der Waals surface area contributed by atoms with E-state index in [0.717, 1.165) is 18.7 Å². The van der Waals surface area contributed by atoms with Crippen LogP contribution in [0.3, 0.4) is 0 Å². The molecule has 1 N–H and O–H groups in total. The van der Waals surface area contributed by atoms with Crippen molar-refractivity contribution < 1.29 is 5.11 Å². The van der Waals surface area contributed by atoms with Gasteiger partial charge in [0.15, 0.2) is 0 Å². The van der Waals surface area contributed by atoms with Gasteiger partial charge in [-0.2, -0.15) is 0 Å². The Labute approximate surface area is 105 Å². The lowest BCUT2D eigenvalue weighted by atomic mass is 10.1. The number of rotatable bonds is 3. The Morgan fingerprint density at radius 3 is 3.12 bits per heavy atom. The second-order valence-corrected chi connectivity index (χ2v) is 5.33. The third-order valence-corrected chi connectivity index (χ3v) is 4.16. The highest BCUT2D eigenvalue weighted by Crippen LogP contribution is 2.30. The Morgan fingerprint density at radius 1 is 1.41 bits per heavy atom. The molecular weight excluding hydrogens is 232 g/mol. The van der Waals surface area contributed by atoms with Crippen LogP contribution in [0, 0.1) is 0 Å². The van der Waals surface area contributed by atoms with Gasteiger partial charge in [0.1, 0.15) is 11.5 Å². The van der Waals surface area contributed by atoms with Crippen LogP contribution in [0.25, 0.3) is 10.6 Å². The molecule has 3 rings (SSSR count). The first-order chi connectivity index (χ1) is 8.40. The molecule has 3 heterocycles. The van der Waals surface area contributed by atoms with E-state index in [9.17, 15) is 5.11 Å². The number of aryl methyl sites for hydroxylation is 1. The van der Waals surface area contributed by atoms with E-state index in [0.29, 0.717) is 6.42 Å². The zero-order valence-electron chi connectivity index (χ0n) is 9.72. The summed E-state index contributed by atoms with van der Waals surface area (Å²) in [5.41, 5.74) is 2.30. The number of aliphatic hydroxyl groups is 1. The Morgan fingerprint density at radius 2 is 2.35 bits per heavy atom. The van der Waals surface area contributed by atoms with Crippen LogP contribution in [0.15, 0.2) is 17.5 Å². The molecule has 3 nitrogen and oxygen atoms in total. The van der Waals surface area contributed by atoms with Gasteiger partial charge < -0.3 is 9.67 Å². The van der Waals surface area contributed by atoms with Gasteiger partial charge in [-0.25, -0.2) is 4.98 Å². The van der Waals surface area contributed by atoms with Gasteiger partial charge in [0.2, 0.25) is 0 Å². The van der Waals surface area contributed by atoms with E-state index >= 15 is 0 Å². The number of hydrogen-bond acceptors (Lipinski definition) is 3. The minimum Gasteiger partial charge on any atom is -0.396 e. The highest BCUT2D eigenvalue weighted by molar-refractivity contribution is 7.13. The third kappa shape index (κ3) is 1.91. The van der Waals surface area contributed by atoms with Crippen LogP contribution in [-0.2, 0) is 19.4 Å². The zero-order chi connectivity index (χ0) is 11.7. The molecule has 0 fully saturated rings. The molecule has 1 aliphatic heterocycles. The fourth-order valence-electron chi connectivity index (χ4n) is 2.52. The minimum absolute atomic E-state index is 0.198. The number of hydrogen-bond donors (Lipinski definition) is 1. The summed E-state index contributed by atoms with van der Waals surface area (Å²) in [4.78, 5) is 5.99. The first kappa shape index (κ1) is 11.0. The monoisotopic (exact) mass is 248 g/mol. The van der Waals surface area contributed by atoms with Crippen molar-refractivity contribution in [2.75, 3.05) is 6.61 Å². The molecule has 0 amide bonds. The Kier molecular flexibility index (Phi) is 2.99. The van der Waals surface area contributed by atoms with Crippen LogP contribution >= 0.6 is 11.3 Å². The number of nitrogens with zero attached hydrogens (tertiary/aromatic N) is 2. The second-order valence-electron chi connectivity index (χ2n) is 4.38. The van der Waals surface area contributed by atoms with E-state index < -0.39 is 0 Å². The molecule has 90 valence electrons. The van der Waals surface area contributed by atoms with Crippen molar-refractivity contribution in [3.63, 3.8) is 0 Å². The Balaban J connectivity index is 2.10. The van der Waals surface area contributed by atoms with Crippen LogP contribution in [0.4, 0.5) is 0 Å². The SMILES string of the molecule is OCCc1c(-c2cccs2)nc2n1CCCC2. The highest BCUT2D eigenvalue weighted by atomic mass is 32.1. The lowest BCUT2D eigenvalue weighted by Crippen LogP contribution is -2.13. The van der Waals surface area contributed by atoms with Gasteiger partial charge in [-0.3, -0.25) is 0 Å². The fraction of sp³-hybridized carbons (Fsp3) is 0.462. The van der Waals surface area contributed by atoms with Crippen molar-refractivity contribution in [2.45, 2.75) is 32.2 Å². The van der Waals surface area contributed by atoms with E-state index in [4.69, 9.17) is 4.98 Å². The van der Waals surface area contributed by atoms with Gasteiger partial charge >= 0.3 is 0 Å². The predicted octanol–water partition coefficient (Wildman–Crippen LogP) is 2.48. The van der Waals surface area contributed by atoms with Crippen molar-refractivity contribution in [1.29, 1.82) is 0 Å². The molecular formula is C13H16N2OS. The number of thiophene rings is 1. The molecule has 0 bridgehead atoms. The maximum absolute atomic E-state index is 9.22. The summed E-state index contributed by atoms with van der Waals surface area (Å²) < 4.78 is 2.31. The van der Waals surface area contributed by atoms with Crippen LogP contribution in [0.5, 0.6) is 0 Å². The molecule has 0 radical (unpaired) electrons. The van der Waals surface area contributed by atoms with E-state index in [1.54, 1.807) is 11.3 Å². The normalized spacial score (nSPS) is 14.9. The van der Waals surface area contributed by atoms with Crippen LogP contribution < -0.4 is 0 Å². The van der Waals surface area contributed by atoms with E-state index in [1.165, 1.54) is 29.2 Å². The maximum Gasteiger partial charge on any atom is 0.109 e. The average Bonchev–Trinajstić information content (AvgIpc) is 2.97. The summed E-state index contributed by atoms with van der Waals surface area (Å²) in [6, 6.07) is 4.17. The van der Waals surface area contributed by atoms with Crippen molar-refractivity contribution >= 4 is 11.3 Å². The predicted molar refractivity (Wildman–Crippen MR) is 69.3 cm³/mol. The molecule has 2 aromatic rings. The van der Waals surface area contributed by atoms with Crippen LogP contribution in [-0.4, -0.2) is 21.3 Å². The summed E-state index contributed by atoms with van der Waals surface area (Å²) in [5, 5.41) is 11.3. The van der Waals surface area contributed by atoms with Gasteiger partial charge in [-0.1, -0.05) is 6.07 Å². The molecule has 1 aliphatic rings. The van der Waals surface area contributed by atoms with Gasteiger partial charge in [-0.05, 0) is 24.3 Å². The fourth-order valence-corrected chi connectivity index (χ4v) is 3.25. The Bertz CT molecular complexity index is 502. The summed E-state index contributed by atoms with van der Waals surface area (Å²) in [5.74, 6) is 1.20. The lowest BCUT2D eigenvalue weighted by molar-refractivity contribution is 0.295. The standard InChI is InChI=1S/C13H16N2OS/c16-8-6-10-13(11-4-3-9-17-11)14-12-5-1-2-7-15(10)12/h3-4,9,16H,1-2,5-8H2. The summed E-state index contributed by atoms with van der Waals surface area (Å²) in [6.45, 7) is 1.26. The molecule has 0 aliphatic carbocycles. The van der Waals surface area contributed by atoms with Crippen LogP contribution in [0.2, 0.25) is 0 Å². The van der Waals surface area contributed by atoms with Crippen LogP contribution in [0.1, 0.15) is 24.4 Å². The molecule has 0 aromatic carbocycles. The number of aromatic nitrogens is 2. The van der Waals surface area contributed by atoms with Crippen molar-refractivity contribution in [2.24, 2.45) is 0 Å². The molecule has 0 spiro atoms. The maximum atomic E-state index is 9.22. The van der Waals surface area contributed by atoms with Crippen molar-refractivity contribution in [1.82, 2.24) is 9.55 Å². The van der Waals surface area contributed by atoms with E-state index in [-0.39, 0.29) is 6.61 Å². The van der Waals surface area contributed by atoms with E-state index in [1.807, 2.05) is 0 Å². The Hall–Kier alpha value is -1.13. The molecule has 17 heavy (non-hydrogen) atoms. The number of imidazole rings is 1. The quantitative estimate of drug-likeness (QED) is 0.906. The smallest absolute Gasteiger partial charge is 0.109 e. The zero-order valence-corrected chi connectivity index (χ0v) is 10.5. The van der Waals surface area contributed by atoms with Crippen molar-refractivity contribution in [3.8, 4) is 10.6 Å². The van der Waals surface area contributed by atoms with E-state index in [2.05, 4.69) is 22.1 Å². The van der Waals surface area contributed by atoms with Gasteiger partial charge in [0.05, 0.1) is 4.88 Å². The molecule has 0 atom stereocenters. The number of fused-ring (bicyclic) bond motifs is 1. The number of aliphatic hydroxyl groups excluding tert-OH is 1. The first-order valence-corrected chi connectivity index (χ1v) is 7.01. The summed E-state index contributed by atoms with van der Waals surface area (Å²) in [6.07, 6.45) is 4.25. The van der Waals surface area contributed by atoms with Gasteiger partial charge in [-0.15, -0.1) is 11.3 Å². The average molecular weight is 248 g/mol. The third-order valence-electron chi connectivity index (χ3n) is 3.29. The highest BCUT2D eigenvalue weighted by Gasteiger charge is 2.20. The molecule has 0 unspecified atom stereocenters. The molecule has 4 heteroatoms. The summed E-state index contributed by atoms with van der Waals surface area (Å²) >= 11 is 1.72. The minimum atomic E-state index is 0.198. The second kappa shape index (κ2) is 4.63. The van der Waals surface area contributed by atoms with Gasteiger partial charge in [0.25, 0.3) is 0 Å². The topological polar surface area (TPSA) is 38.1 Å². The summed E-state index contributed by atoms with van der Waals surface area (Å²) in [7, 11) is 0. The largest absolute Gasteiger partial charge is 0.396 e. The molecule has 0 saturated carbocycles. The molecule has 0 saturated heterocycles. The lowest BCUT2D eigenvalue weighted by Gasteiger charge is -2.16. The first-order valence-electron chi connectivity index (χ1n) is 6.13. The molecule has 2 aromatic heterocycles. The van der Waals surface area contributed by atoms with Gasteiger partial charge in [0, 0.05) is 31.7 Å². The van der Waals surface area contributed by atoms with Crippen molar-refractivity contribution in [3.05, 3.63) is 29.0 Å².